The number of rotatable bonds is 2. The van der Waals surface area contributed by atoms with Crippen molar-refractivity contribution in [1.29, 1.82) is 0 Å². The highest BCUT2D eigenvalue weighted by Crippen LogP contribution is 2.12. The zero-order chi connectivity index (χ0) is 14.1. The Balaban J connectivity index is 1.86. The van der Waals surface area contributed by atoms with Gasteiger partial charge in [0.1, 0.15) is 6.54 Å². The minimum Gasteiger partial charge on any atom is -0.408 e. The fourth-order valence-corrected chi connectivity index (χ4v) is 2.25. The summed E-state index contributed by atoms with van der Waals surface area (Å²) in [6.45, 7) is 0.799. The van der Waals surface area contributed by atoms with Gasteiger partial charge in [0.25, 0.3) is 0 Å². The maximum Gasteiger partial charge on any atom is 0.420 e. The molecule has 1 saturated heterocycles. The van der Waals surface area contributed by atoms with E-state index in [0.717, 1.165) is 0 Å². The summed E-state index contributed by atoms with van der Waals surface area (Å²) in [7, 11) is 0. The van der Waals surface area contributed by atoms with E-state index in [9.17, 15) is 14.4 Å². The highest BCUT2D eigenvalue weighted by Gasteiger charge is 2.22. The number of hydrogen-bond acceptors (Lipinski definition) is 4. The van der Waals surface area contributed by atoms with Gasteiger partial charge in [-0.3, -0.25) is 14.2 Å². The number of carbonyl (C=O) groups is 2. The molecule has 2 aromatic rings. The Bertz CT molecular complexity index is 731. The lowest BCUT2D eigenvalue weighted by Gasteiger charge is -2.26. The van der Waals surface area contributed by atoms with Crippen LogP contribution in [0.5, 0.6) is 0 Å². The molecule has 7 heteroatoms. The van der Waals surface area contributed by atoms with E-state index in [1.54, 1.807) is 24.3 Å². The Hall–Kier alpha value is -2.57. The minimum atomic E-state index is -0.569. The van der Waals surface area contributed by atoms with Crippen LogP contribution in [0, 0.1) is 0 Å². The molecule has 3 rings (SSSR count). The van der Waals surface area contributed by atoms with Crippen LogP contribution in [0.2, 0.25) is 0 Å². The second kappa shape index (κ2) is 4.84. The van der Waals surface area contributed by atoms with Gasteiger partial charge in [0, 0.05) is 13.1 Å². The number of piperazine rings is 1. The number of benzene rings is 1. The first-order chi connectivity index (χ1) is 9.65. The van der Waals surface area contributed by atoms with Gasteiger partial charge in [-0.15, -0.1) is 0 Å². The van der Waals surface area contributed by atoms with Crippen LogP contribution in [0.1, 0.15) is 0 Å². The molecule has 104 valence electrons. The number of nitrogens with one attached hydrogen (secondary N) is 1. The summed E-state index contributed by atoms with van der Waals surface area (Å²) in [5.74, 6) is -1.02. The van der Waals surface area contributed by atoms with Crippen LogP contribution in [0.15, 0.2) is 33.5 Å². The average Bonchev–Trinajstić information content (AvgIpc) is 2.75. The molecule has 0 unspecified atom stereocenters. The van der Waals surface area contributed by atoms with Crippen molar-refractivity contribution in [3.63, 3.8) is 0 Å². The third kappa shape index (κ3) is 2.18. The van der Waals surface area contributed by atoms with Gasteiger partial charge in [0.2, 0.25) is 11.8 Å². The maximum atomic E-state index is 12.2. The predicted molar refractivity (Wildman–Crippen MR) is 70.1 cm³/mol. The van der Waals surface area contributed by atoms with E-state index in [2.05, 4.69) is 5.32 Å². The average molecular weight is 275 g/mol. The van der Waals surface area contributed by atoms with Crippen LogP contribution in [-0.4, -0.2) is 40.9 Å². The first-order valence-corrected chi connectivity index (χ1v) is 6.28. The summed E-state index contributed by atoms with van der Waals surface area (Å²) in [5.41, 5.74) is 1.02. The second-order valence-electron chi connectivity index (χ2n) is 4.59. The van der Waals surface area contributed by atoms with Gasteiger partial charge in [0.15, 0.2) is 5.58 Å². The van der Waals surface area contributed by atoms with Crippen molar-refractivity contribution in [2.45, 2.75) is 6.54 Å². The van der Waals surface area contributed by atoms with E-state index < -0.39 is 5.76 Å². The minimum absolute atomic E-state index is 0.0311. The topological polar surface area (TPSA) is 84.6 Å². The van der Waals surface area contributed by atoms with E-state index in [1.165, 1.54) is 9.47 Å². The monoisotopic (exact) mass is 275 g/mol. The summed E-state index contributed by atoms with van der Waals surface area (Å²) in [5, 5.41) is 2.65. The maximum absolute atomic E-state index is 12.2. The molecule has 0 bridgehead atoms. The highest BCUT2D eigenvalue weighted by molar-refractivity contribution is 5.86. The van der Waals surface area contributed by atoms with Gasteiger partial charge in [-0.1, -0.05) is 12.1 Å². The molecule has 20 heavy (non-hydrogen) atoms. The fraction of sp³-hybridized carbons (Fsp3) is 0.308. The quantitative estimate of drug-likeness (QED) is 0.804. The summed E-state index contributed by atoms with van der Waals surface area (Å²) in [6, 6.07) is 6.92. The Morgan fingerprint density at radius 3 is 2.90 bits per heavy atom. The SMILES string of the molecule is O=C1CN(C(=O)Cn2c(=O)oc3ccccc32)CCN1. The molecule has 0 aliphatic carbocycles. The standard InChI is InChI=1S/C13H13N3O4/c17-11-7-15(6-5-14-11)12(18)8-16-9-3-1-2-4-10(9)20-13(16)19/h1-4H,5-8H2,(H,14,17). The lowest BCUT2D eigenvalue weighted by molar-refractivity contribution is -0.138. The van der Waals surface area contributed by atoms with Crippen molar-refractivity contribution >= 4 is 22.9 Å². The summed E-state index contributed by atoms with van der Waals surface area (Å²) in [4.78, 5) is 36.6. The van der Waals surface area contributed by atoms with Gasteiger partial charge in [0.05, 0.1) is 12.1 Å². The van der Waals surface area contributed by atoms with Crippen molar-refractivity contribution in [3.05, 3.63) is 34.8 Å². The van der Waals surface area contributed by atoms with E-state index in [1.807, 2.05) is 0 Å². The van der Waals surface area contributed by atoms with Crippen molar-refractivity contribution in [2.24, 2.45) is 0 Å². The van der Waals surface area contributed by atoms with Crippen LogP contribution >= 0.6 is 0 Å². The fourth-order valence-electron chi connectivity index (χ4n) is 2.25. The van der Waals surface area contributed by atoms with Crippen molar-refractivity contribution < 1.29 is 14.0 Å². The lowest BCUT2D eigenvalue weighted by Crippen LogP contribution is -2.51. The number of amides is 2. The second-order valence-corrected chi connectivity index (χ2v) is 4.59. The molecule has 2 amide bonds. The molecule has 1 aliphatic rings. The van der Waals surface area contributed by atoms with Gasteiger partial charge in [-0.25, -0.2) is 4.79 Å². The Kier molecular flexibility index (Phi) is 3.02. The van der Waals surface area contributed by atoms with Crippen LogP contribution in [0.4, 0.5) is 0 Å². The van der Waals surface area contributed by atoms with Crippen molar-refractivity contribution in [3.8, 4) is 0 Å². The molecule has 2 heterocycles. The van der Waals surface area contributed by atoms with E-state index in [-0.39, 0.29) is 24.9 Å². The summed E-state index contributed by atoms with van der Waals surface area (Å²) in [6.07, 6.45) is 0. The number of nitrogens with zero attached hydrogens (tertiary/aromatic N) is 2. The molecule has 1 N–H and O–H groups in total. The number of aromatic nitrogens is 1. The molecule has 0 saturated carbocycles. The Morgan fingerprint density at radius 2 is 2.10 bits per heavy atom. The van der Waals surface area contributed by atoms with Crippen LogP contribution in [0.25, 0.3) is 11.1 Å². The zero-order valence-corrected chi connectivity index (χ0v) is 10.7. The molecule has 0 atom stereocenters. The third-order valence-electron chi connectivity index (χ3n) is 3.26. The number of hydrogen-bond donors (Lipinski definition) is 1. The van der Waals surface area contributed by atoms with Crippen LogP contribution in [-0.2, 0) is 16.1 Å². The van der Waals surface area contributed by atoms with Gasteiger partial charge >= 0.3 is 5.76 Å². The van der Waals surface area contributed by atoms with Gasteiger partial charge in [-0.05, 0) is 12.1 Å². The first kappa shape index (κ1) is 12.5. The Morgan fingerprint density at radius 1 is 1.30 bits per heavy atom. The molecule has 1 aromatic heterocycles. The zero-order valence-electron chi connectivity index (χ0n) is 10.7. The first-order valence-electron chi connectivity index (χ1n) is 6.28. The molecule has 7 nitrogen and oxygen atoms in total. The molecular formula is C13H13N3O4. The molecule has 1 aliphatic heterocycles. The molecule has 0 radical (unpaired) electrons. The van der Waals surface area contributed by atoms with Gasteiger partial charge < -0.3 is 14.6 Å². The number of para-hydroxylation sites is 2. The third-order valence-corrected chi connectivity index (χ3v) is 3.26. The highest BCUT2D eigenvalue weighted by atomic mass is 16.4. The molecule has 0 spiro atoms. The number of fused-ring (bicyclic) bond motifs is 1. The smallest absolute Gasteiger partial charge is 0.408 e. The Labute approximate surface area is 113 Å². The molecule has 1 aromatic carbocycles. The van der Waals surface area contributed by atoms with Gasteiger partial charge in [-0.2, -0.15) is 0 Å². The molecular weight excluding hydrogens is 262 g/mol. The number of carbonyl (C=O) groups excluding carboxylic acids is 2. The van der Waals surface area contributed by atoms with Crippen LogP contribution < -0.4 is 11.1 Å². The van der Waals surface area contributed by atoms with E-state index in [0.29, 0.717) is 24.2 Å². The lowest BCUT2D eigenvalue weighted by atomic mass is 10.3. The predicted octanol–water partition coefficient (Wildman–Crippen LogP) is -0.447. The summed E-state index contributed by atoms with van der Waals surface area (Å²) >= 11 is 0. The normalized spacial score (nSPS) is 15.4. The summed E-state index contributed by atoms with van der Waals surface area (Å²) < 4.78 is 6.35. The van der Waals surface area contributed by atoms with Crippen molar-refractivity contribution in [1.82, 2.24) is 14.8 Å². The largest absolute Gasteiger partial charge is 0.420 e. The van der Waals surface area contributed by atoms with Crippen molar-refractivity contribution in [2.75, 3.05) is 19.6 Å². The number of oxazole rings is 1. The van der Waals surface area contributed by atoms with E-state index in [4.69, 9.17) is 4.42 Å². The molecule has 1 fully saturated rings. The van der Waals surface area contributed by atoms with E-state index >= 15 is 0 Å². The van der Waals surface area contributed by atoms with Crippen LogP contribution in [0.3, 0.4) is 0 Å².